The Bertz CT molecular complexity index is 535. The van der Waals surface area contributed by atoms with Gasteiger partial charge in [0, 0.05) is 15.2 Å². The number of alkyl halides is 3. The third kappa shape index (κ3) is 4.25. The number of amides is 1. The predicted octanol–water partition coefficient (Wildman–Crippen LogP) is 4.80. The largest absolute Gasteiger partial charge is 0.393 e. The summed E-state index contributed by atoms with van der Waals surface area (Å²) in [5.41, 5.74) is 0.284. The van der Waals surface area contributed by atoms with Crippen molar-refractivity contribution in [2.45, 2.75) is 37.9 Å². The van der Waals surface area contributed by atoms with Gasteiger partial charge in [-0.2, -0.15) is 13.2 Å². The molecule has 7 heteroatoms. The monoisotopic (exact) mass is 431 g/mol. The van der Waals surface area contributed by atoms with Crippen LogP contribution in [0.1, 0.15) is 36.0 Å². The van der Waals surface area contributed by atoms with Crippen LogP contribution in [0.2, 0.25) is 5.02 Å². The van der Waals surface area contributed by atoms with E-state index in [1.54, 1.807) is 12.1 Å². The number of rotatable bonds is 2. The molecule has 2 atom stereocenters. The molecule has 1 aromatic carbocycles. The third-order valence-electron chi connectivity index (χ3n) is 3.68. The highest BCUT2D eigenvalue weighted by atomic mass is 127. The number of hydrogen-bond acceptors (Lipinski definition) is 1. The molecule has 2 nitrogen and oxygen atoms in total. The number of benzene rings is 1. The van der Waals surface area contributed by atoms with E-state index in [1.807, 2.05) is 22.6 Å². The standard InChI is InChI=1S/C14H14ClF3INO/c15-10-7-8(5-6-11(10)19)13(21)20-12-4-2-1-3-9(12)14(16,17)18/h5-7,9,12H,1-4H2,(H,20,21). The lowest BCUT2D eigenvalue weighted by atomic mass is 9.84. The average molecular weight is 432 g/mol. The van der Waals surface area contributed by atoms with Crippen LogP contribution < -0.4 is 5.32 Å². The van der Waals surface area contributed by atoms with Gasteiger partial charge in [0.25, 0.3) is 5.91 Å². The van der Waals surface area contributed by atoms with Crippen molar-refractivity contribution in [3.05, 3.63) is 32.4 Å². The van der Waals surface area contributed by atoms with Gasteiger partial charge >= 0.3 is 6.18 Å². The van der Waals surface area contributed by atoms with E-state index in [4.69, 9.17) is 11.6 Å². The minimum absolute atomic E-state index is 0.0713. The van der Waals surface area contributed by atoms with Gasteiger partial charge in [-0.15, -0.1) is 0 Å². The molecule has 1 aliphatic carbocycles. The molecule has 0 bridgehead atoms. The topological polar surface area (TPSA) is 29.1 Å². The number of halogens is 5. The Morgan fingerprint density at radius 1 is 1.29 bits per heavy atom. The first-order chi connectivity index (χ1) is 9.79. The van der Waals surface area contributed by atoms with Crippen LogP contribution in [0, 0.1) is 9.49 Å². The van der Waals surface area contributed by atoms with Crippen LogP contribution in [-0.4, -0.2) is 18.1 Å². The molecule has 0 aromatic heterocycles. The summed E-state index contributed by atoms with van der Waals surface area (Å²) in [5.74, 6) is -1.97. The van der Waals surface area contributed by atoms with Gasteiger partial charge < -0.3 is 5.32 Å². The number of hydrogen-bond donors (Lipinski definition) is 1. The van der Waals surface area contributed by atoms with E-state index in [2.05, 4.69) is 5.32 Å². The Hall–Kier alpha value is -0.500. The summed E-state index contributed by atoms with van der Waals surface area (Å²) in [6, 6.07) is 3.85. The molecule has 2 unspecified atom stereocenters. The molecule has 1 saturated carbocycles. The number of carbonyl (C=O) groups excluding carboxylic acids is 1. The predicted molar refractivity (Wildman–Crippen MR) is 83.4 cm³/mol. The normalized spacial score (nSPS) is 22.9. The lowest BCUT2D eigenvalue weighted by Gasteiger charge is -2.33. The van der Waals surface area contributed by atoms with Crippen molar-refractivity contribution in [3.8, 4) is 0 Å². The van der Waals surface area contributed by atoms with Gasteiger partial charge in [0.05, 0.1) is 10.9 Å². The van der Waals surface area contributed by atoms with E-state index in [9.17, 15) is 18.0 Å². The van der Waals surface area contributed by atoms with Crippen LogP contribution in [0.3, 0.4) is 0 Å². The summed E-state index contributed by atoms with van der Waals surface area (Å²) < 4.78 is 39.8. The summed E-state index contributed by atoms with van der Waals surface area (Å²) in [7, 11) is 0. The third-order valence-corrected chi connectivity index (χ3v) is 5.26. The zero-order chi connectivity index (χ0) is 15.6. The molecule has 0 aliphatic heterocycles. The van der Waals surface area contributed by atoms with E-state index in [0.29, 0.717) is 24.3 Å². The molecule has 116 valence electrons. The van der Waals surface area contributed by atoms with E-state index < -0.39 is 24.0 Å². The molecular weight excluding hydrogens is 418 g/mol. The summed E-state index contributed by atoms with van der Waals surface area (Å²) >= 11 is 7.96. The van der Waals surface area contributed by atoms with Crippen molar-refractivity contribution in [1.82, 2.24) is 5.32 Å². The Balaban J connectivity index is 2.11. The highest BCUT2D eigenvalue weighted by Crippen LogP contribution is 2.37. The first-order valence-corrected chi connectivity index (χ1v) is 8.07. The van der Waals surface area contributed by atoms with Gasteiger partial charge in [-0.1, -0.05) is 24.4 Å². The molecular formula is C14H14ClF3INO. The summed E-state index contributed by atoms with van der Waals surface area (Å²) in [6.45, 7) is 0. The van der Waals surface area contributed by atoms with E-state index in [-0.39, 0.29) is 12.0 Å². The second kappa shape index (κ2) is 6.73. The fourth-order valence-electron chi connectivity index (χ4n) is 2.58. The van der Waals surface area contributed by atoms with Crippen LogP contribution in [-0.2, 0) is 0 Å². The van der Waals surface area contributed by atoms with Crippen molar-refractivity contribution < 1.29 is 18.0 Å². The molecule has 1 amide bonds. The quantitative estimate of drug-likeness (QED) is 0.670. The summed E-state index contributed by atoms with van der Waals surface area (Å²) in [6.07, 6.45) is -2.60. The molecule has 1 aromatic rings. The van der Waals surface area contributed by atoms with Gasteiger partial charge in [0.2, 0.25) is 0 Å². The molecule has 2 rings (SSSR count). The van der Waals surface area contributed by atoms with Crippen molar-refractivity contribution >= 4 is 40.1 Å². The fraction of sp³-hybridized carbons (Fsp3) is 0.500. The van der Waals surface area contributed by atoms with E-state index >= 15 is 0 Å². The highest BCUT2D eigenvalue weighted by molar-refractivity contribution is 14.1. The Morgan fingerprint density at radius 3 is 2.57 bits per heavy atom. The van der Waals surface area contributed by atoms with Crippen LogP contribution in [0.4, 0.5) is 13.2 Å². The summed E-state index contributed by atoms with van der Waals surface area (Å²) in [4.78, 5) is 12.1. The Morgan fingerprint density at radius 2 is 1.95 bits per heavy atom. The fourth-order valence-corrected chi connectivity index (χ4v) is 3.10. The van der Waals surface area contributed by atoms with Crippen molar-refractivity contribution in [3.63, 3.8) is 0 Å². The minimum atomic E-state index is -4.28. The zero-order valence-electron chi connectivity index (χ0n) is 11.0. The van der Waals surface area contributed by atoms with E-state index in [1.165, 1.54) is 6.07 Å². The van der Waals surface area contributed by atoms with Crippen molar-refractivity contribution in [2.24, 2.45) is 5.92 Å². The maximum absolute atomic E-state index is 13.0. The van der Waals surface area contributed by atoms with E-state index in [0.717, 1.165) is 3.57 Å². The van der Waals surface area contributed by atoms with Gasteiger partial charge in [-0.05, 0) is 53.6 Å². The van der Waals surface area contributed by atoms with Gasteiger partial charge in [0.15, 0.2) is 0 Å². The maximum Gasteiger partial charge on any atom is 0.393 e. The zero-order valence-corrected chi connectivity index (χ0v) is 13.9. The Labute approximate surface area is 139 Å². The number of carbonyl (C=O) groups is 1. The first kappa shape index (κ1) is 16.9. The maximum atomic E-state index is 13.0. The molecule has 0 saturated heterocycles. The van der Waals surface area contributed by atoms with Gasteiger partial charge in [0.1, 0.15) is 0 Å². The molecule has 0 heterocycles. The van der Waals surface area contributed by atoms with Crippen LogP contribution in [0.15, 0.2) is 18.2 Å². The number of nitrogens with one attached hydrogen (secondary N) is 1. The molecule has 21 heavy (non-hydrogen) atoms. The smallest absolute Gasteiger partial charge is 0.349 e. The van der Waals surface area contributed by atoms with Crippen molar-refractivity contribution in [1.29, 1.82) is 0 Å². The van der Waals surface area contributed by atoms with Crippen LogP contribution in [0.25, 0.3) is 0 Å². The first-order valence-electron chi connectivity index (χ1n) is 6.61. The molecule has 1 fully saturated rings. The van der Waals surface area contributed by atoms with Gasteiger partial charge in [-0.25, -0.2) is 0 Å². The SMILES string of the molecule is O=C(NC1CCCCC1C(F)(F)F)c1ccc(I)c(Cl)c1. The lowest BCUT2D eigenvalue weighted by Crippen LogP contribution is -2.47. The minimum Gasteiger partial charge on any atom is -0.349 e. The Kier molecular flexibility index (Phi) is 5.40. The summed E-state index contributed by atoms with van der Waals surface area (Å²) in [5, 5.41) is 2.93. The lowest BCUT2D eigenvalue weighted by molar-refractivity contribution is -0.187. The average Bonchev–Trinajstić information content (AvgIpc) is 2.41. The molecule has 1 aliphatic rings. The highest BCUT2D eigenvalue weighted by Gasteiger charge is 2.45. The van der Waals surface area contributed by atoms with Crippen LogP contribution in [0.5, 0.6) is 0 Å². The molecule has 0 spiro atoms. The molecule has 0 radical (unpaired) electrons. The van der Waals surface area contributed by atoms with Crippen molar-refractivity contribution in [2.75, 3.05) is 0 Å². The molecule has 1 N–H and O–H groups in total. The second-order valence-electron chi connectivity index (χ2n) is 5.14. The van der Waals surface area contributed by atoms with Gasteiger partial charge in [-0.3, -0.25) is 4.79 Å². The second-order valence-corrected chi connectivity index (χ2v) is 6.71. The van der Waals surface area contributed by atoms with Crippen LogP contribution >= 0.6 is 34.2 Å².